The molecule has 0 fully saturated rings. The van der Waals surface area contributed by atoms with Crippen molar-refractivity contribution in [3.63, 3.8) is 0 Å². The molecule has 3 aromatic heterocycles. The van der Waals surface area contributed by atoms with E-state index in [-0.39, 0.29) is 5.91 Å². The van der Waals surface area contributed by atoms with Gasteiger partial charge in [0.15, 0.2) is 5.13 Å². The second-order valence-electron chi connectivity index (χ2n) is 4.20. The number of hydrogen-bond donors (Lipinski definition) is 1. The number of thiazole rings is 1. The van der Waals surface area contributed by atoms with E-state index in [2.05, 4.69) is 15.3 Å². The molecule has 5 nitrogen and oxygen atoms in total. The van der Waals surface area contributed by atoms with Crippen molar-refractivity contribution in [2.24, 2.45) is 0 Å². The van der Waals surface area contributed by atoms with Crippen LogP contribution in [0.15, 0.2) is 49.1 Å². The Hall–Kier alpha value is -2.47. The van der Waals surface area contributed by atoms with E-state index >= 15 is 0 Å². The van der Waals surface area contributed by atoms with Gasteiger partial charge in [-0.25, -0.2) is 4.98 Å². The number of aryl methyl sites for hydroxylation is 1. The van der Waals surface area contributed by atoms with Crippen molar-refractivity contribution in [1.29, 1.82) is 0 Å². The van der Waals surface area contributed by atoms with Gasteiger partial charge in [-0.15, -0.1) is 0 Å². The van der Waals surface area contributed by atoms with Crippen LogP contribution >= 0.6 is 11.3 Å². The summed E-state index contributed by atoms with van der Waals surface area (Å²) in [5, 5.41) is 3.60. The lowest BCUT2D eigenvalue weighted by Gasteiger charge is -2.02. The lowest BCUT2D eigenvalue weighted by Crippen LogP contribution is -2.11. The van der Waals surface area contributed by atoms with E-state index in [9.17, 15) is 4.79 Å². The zero-order chi connectivity index (χ0) is 13.9. The first-order valence-corrected chi connectivity index (χ1v) is 6.88. The Morgan fingerprint density at radius 3 is 2.80 bits per heavy atom. The number of nitrogens with zero attached hydrogens (tertiary/aromatic N) is 3. The van der Waals surface area contributed by atoms with Gasteiger partial charge in [0.2, 0.25) is 0 Å². The number of anilines is 1. The van der Waals surface area contributed by atoms with Crippen molar-refractivity contribution in [3.8, 4) is 5.13 Å². The van der Waals surface area contributed by atoms with Gasteiger partial charge in [-0.2, -0.15) is 0 Å². The van der Waals surface area contributed by atoms with E-state index in [1.807, 2.05) is 36.0 Å². The molecule has 0 bridgehead atoms. The van der Waals surface area contributed by atoms with Gasteiger partial charge in [0.25, 0.3) is 5.91 Å². The van der Waals surface area contributed by atoms with Gasteiger partial charge in [0, 0.05) is 18.6 Å². The minimum atomic E-state index is -0.161. The van der Waals surface area contributed by atoms with Gasteiger partial charge in [0.1, 0.15) is 4.88 Å². The number of carbonyl (C=O) groups excluding carboxylic acids is 1. The summed E-state index contributed by atoms with van der Waals surface area (Å²) in [5.41, 5.74) is 1.40. The molecule has 1 amide bonds. The summed E-state index contributed by atoms with van der Waals surface area (Å²) >= 11 is 1.36. The molecule has 0 saturated carbocycles. The molecule has 0 spiro atoms. The summed E-state index contributed by atoms with van der Waals surface area (Å²) in [6.07, 6.45) is 7.08. The van der Waals surface area contributed by atoms with Crippen molar-refractivity contribution in [2.45, 2.75) is 6.92 Å². The van der Waals surface area contributed by atoms with Crippen LogP contribution in [0.4, 0.5) is 5.69 Å². The highest BCUT2D eigenvalue weighted by Gasteiger charge is 2.16. The lowest BCUT2D eigenvalue weighted by molar-refractivity contribution is 0.103. The Labute approximate surface area is 119 Å². The minimum absolute atomic E-state index is 0.161. The number of rotatable bonds is 3. The predicted octanol–water partition coefficient (Wildman–Crippen LogP) is 2.89. The van der Waals surface area contributed by atoms with Crippen LogP contribution in [0.25, 0.3) is 5.13 Å². The molecule has 0 aliphatic heterocycles. The molecular weight excluding hydrogens is 272 g/mol. The largest absolute Gasteiger partial charge is 0.320 e. The second kappa shape index (κ2) is 5.26. The van der Waals surface area contributed by atoms with Crippen LogP contribution in [0.3, 0.4) is 0 Å². The van der Waals surface area contributed by atoms with Crippen LogP contribution in [-0.2, 0) is 0 Å². The SMILES string of the molecule is Cc1nc(-n2cccc2)sc1C(=O)Nc1cccnc1. The Balaban J connectivity index is 1.85. The third-order valence-corrected chi connectivity index (χ3v) is 3.91. The summed E-state index contributed by atoms with van der Waals surface area (Å²) < 4.78 is 1.89. The monoisotopic (exact) mass is 284 g/mol. The molecule has 0 aliphatic carbocycles. The van der Waals surface area contributed by atoms with E-state index in [4.69, 9.17) is 0 Å². The Morgan fingerprint density at radius 1 is 1.30 bits per heavy atom. The summed E-state index contributed by atoms with van der Waals surface area (Å²) in [4.78, 5) is 21.2. The Kier molecular flexibility index (Phi) is 3.30. The smallest absolute Gasteiger partial charge is 0.267 e. The molecule has 0 aromatic carbocycles. The lowest BCUT2D eigenvalue weighted by atomic mass is 10.3. The molecular formula is C14H12N4OS. The molecule has 0 aliphatic rings. The van der Waals surface area contributed by atoms with Gasteiger partial charge in [-0.3, -0.25) is 9.78 Å². The maximum Gasteiger partial charge on any atom is 0.267 e. The first-order valence-electron chi connectivity index (χ1n) is 6.06. The van der Waals surface area contributed by atoms with Crippen molar-refractivity contribution >= 4 is 22.9 Å². The summed E-state index contributed by atoms with van der Waals surface area (Å²) in [5.74, 6) is -0.161. The van der Waals surface area contributed by atoms with Crippen molar-refractivity contribution < 1.29 is 4.79 Å². The normalized spacial score (nSPS) is 10.4. The average molecular weight is 284 g/mol. The molecule has 3 aromatic rings. The van der Waals surface area contributed by atoms with Gasteiger partial charge in [-0.1, -0.05) is 11.3 Å². The maximum absolute atomic E-state index is 12.2. The highest BCUT2D eigenvalue weighted by Crippen LogP contribution is 2.22. The van der Waals surface area contributed by atoms with Crippen LogP contribution in [0.5, 0.6) is 0 Å². The summed E-state index contributed by atoms with van der Waals surface area (Å²) in [6, 6.07) is 7.42. The summed E-state index contributed by atoms with van der Waals surface area (Å²) in [7, 11) is 0. The van der Waals surface area contributed by atoms with Crippen LogP contribution in [-0.4, -0.2) is 20.4 Å². The quantitative estimate of drug-likeness (QED) is 0.804. The van der Waals surface area contributed by atoms with E-state index in [1.54, 1.807) is 24.5 Å². The molecule has 0 unspecified atom stereocenters. The molecule has 20 heavy (non-hydrogen) atoms. The number of hydrogen-bond acceptors (Lipinski definition) is 4. The first kappa shape index (κ1) is 12.6. The summed E-state index contributed by atoms with van der Waals surface area (Å²) in [6.45, 7) is 1.83. The molecule has 0 saturated heterocycles. The van der Waals surface area contributed by atoms with Gasteiger partial charge < -0.3 is 9.88 Å². The number of aromatic nitrogens is 3. The zero-order valence-electron chi connectivity index (χ0n) is 10.8. The third kappa shape index (κ3) is 2.46. The zero-order valence-corrected chi connectivity index (χ0v) is 11.6. The van der Waals surface area contributed by atoms with Crippen LogP contribution < -0.4 is 5.32 Å². The van der Waals surface area contributed by atoms with E-state index in [0.717, 1.165) is 10.8 Å². The van der Waals surface area contributed by atoms with E-state index in [0.29, 0.717) is 10.6 Å². The van der Waals surface area contributed by atoms with E-state index < -0.39 is 0 Å². The van der Waals surface area contributed by atoms with Gasteiger partial charge in [-0.05, 0) is 31.2 Å². The van der Waals surface area contributed by atoms with Gasteiger partial charge in [0.05, 0.1) is 17.6 Å². The van der Waals surface area contributed by atoms with Crippen LogP contribution in [0.2, 0.25) is 0 Å². The van der Waals surface area contributed by atoms with Crippen LogP contribution in [0.1, 0.15) is 15.4 Å². The second-order valence-corrected chi connectivity index (χ2v) is 5.17. The third-order valence-electron chi connectivity index (χ3n) is 2.74. The molecule has 6 heteroatoms. The fourth-order valence-electron chi connectivity index (χ4n) is 1.79. The van der Waals surface area contributed by atoms with Crippen molar-refractivity contribution in [3.05, 3.63) is 59.6 Å². The molecule has 3 heterocycles. The molecule has 0 radical (unpaired) electrons. The van der Waals surface area contributed by atoms with Crippen molar-refractivity contribution in [1.82, 2.24) is 14.5 Å². The highest BCUT2D eigenvalue weighted by molar-refractivity contribution is 7.16. The molecule has 3 rings (SSSR count). The van der Waals surface area contributed by atoms with Crippen molar-refractivity contribution in [2.75, 3.05) is 5.32 Å². The van der Waals surface area contributed by atoms with Crippen LogP contribution in [0, 0.1) is 6.92 Å². The molecule has 1 N–H and O–H groups in total. The van der Waals surface area contributed by atoms with E-state index in [1.165, 1.54) is 11.3 Å². The number of amides is 1. The average Bonchev–Trinajstić information content (AvgIpc) is 3.08. The fourth-order valence-corrected chi connectivity index (χ4v) is 2.72. The molecule has 100 valence electrons. The molecule has 0 atom stereocenters. The minimum Gasteiger partial charge on any atom is -0.320 e. The highest BCUT2D eigenvalue weighted by atomic mass is 32.1. The fraction of sp³-hybridized carbons (Fsp3) is 0.0714. The Bertz CT molecular complexity index is 719. The number of carbonyl (C=O) groups is 1. The topological polar surface area (TPSA) is 59.8 Å². The Morgan fingerprint density at radius 2 is 2.10 bits per heavy atom. The first-order chi connectivity index (χ1) is 9.74. The predicted molar refractivity (Wildman–Crippen MR) is 78.4 cm³/mol. The maximum atomic E-state index is 12.2. The number of nitrogens with one attached hydrogen (secondary N) is 1. The van der Waals surface area contributed by atoms with Gasteiger partial charge >= 0.3 is 0 Å². The standard InChI is InChI=1S/C14H12N4OS/c1-10-12(13(19)17-11-5-4-6-15-9-11)20-14(16-10)18-7-2-3-8-18/h2-9H,1H3,(H,17,19). The number of pyridine rings is 1.